The maximum atomic E-state index is 12.9. The van der Waals surface area contributed by atoms with Gasteiger partial charge in [0.15, 0.2) is 0 Å². The molecule has 1 unspecified atom stereocenters. The monoisotopic (exact) mass is 326 g/mol. The smallest absolute Gasteiger partial charge is 0.257 e. The second-order valence-corrected chi connectivity index (χ2v) is 6.58. The zero-order valence-corrected chi connectivity index (χ0v) is 13.6. The van der Waals surface area contributed by atoms with Crippen LogP contribution in [-0.4, -0.2) is 52.3 Å². The van der Waals surface area contributed by atoms with Crippen LogP contribution in [0, 0.1) is 0 Å². The number of ether oxygens (including phenoxy) is 1. The number of carbonyl (C=O) groups excluding carboxylic acids is 1. The number of nitrogens with zero attached hydrogens (tertiary/aromatic N) is 3. The number of aromatic amines is 1. The van der Waals surface area contributed by atoms with Gasteiger partial charge in [0, 0.05) is 43.4 Å². The van der Waals surface area contributed by atoms with E-state index in [0.717, 1.165) is 50.3 Å². The van der Waals surface area contributed by atoms with E-state index in [-0.39, 0.29) is 11.8 Å². The van der Waals surface area contributed by atoms with Crippen LogP contribution in [0.2, 0.25) is 0 Å². The zero-order chi connectivity index (χ0) is 16.4. The first-order valence-electron chi connectivity index (χ1n) is 8.64. The van der Waals surface area contributed by atoms with E-state index in [4.69, 9.17) is 4.74 Å². The number of piperidine rings is 1. The highest BCUT2D eigenvalue weighted by Gasteiger charge is 2.30. The summed E-state index contributed by atoms with van der Waals surface area (Å²) in [5, 5.41) is 7.12. The van der Waals surface area contributed by atoms with E-state index in [9.17, 15) is 4.79 Å². The maximum Gasteiger partial charge on any atom is 0.257 e. The molecule has 4 heterocycles. The summed E-state index contributed by atoms with van der Waals surface area (Å²) in [6, 6.07) is 6.05. The number of H-pyrrole nitrogens is 1. The number of carbonyl (C=O) groups is 1. The van der Waals surface area contributed by atoms with Crippen molar-refractivity contribution in [2.45, 2.75) is 31.1 Å². The zero-order valence-electron chi connectivity index (χ0n) is 13.6. The summed E-state index contributed by atoms with van der Waals surface area (Å²) in [6.07, 6.45) is 6.38. The van der Waals surface area contributed by atoms with Crippen molar-refractivity contribution >= 4 is 5.91 Å². The Labute approximate surface area is 141 Å². The van der Waals surface area contributed by atoms with E-state index in [1.54, 1.807) is 6.20 Å². The fourth-order valence-electron chi connectivity index (χ4n) is 3.71. The lowest BCUT2D eigenvalue weighted by molar-refractivity contribution is 0.0710. The predicted octanol–water partition coefficient (Wildman–Crippen LogP) is 2.33. The van der Waals surface area contributed by atoms with Crippen LogP contribution in [0.25, 0.3) is 0 Å². The van der Waals surface area contributed by atoms with Crippen molar-refractivity contribution < 1.29 is 9.53 Å². The summed E-state index contributed by atoms with van der Waals surface area (Å²) >= 11 is 0. The van der Waals surface area contributed by atoms with Gasteiger partial charge in [0.25, 0.3) is 5.91 Å². The van der Waals surface area contributed by atoms with Gasteiger partial charge >= 0.3 is 0 Å². The average molecular weight is 326 g/mol. The van der Waals surface area contributed by atoms with Crippen LogP contribution in [-0.2, 0) is 4.74 Å². The SMILES string of the molecule is O=C(c1cn[nH]c1C1CCOC1)N1CCC(c2ccccn2)CC1. The van der Waals surface area contributed by atoms with E-state index in [1.807, 2.05) is 23.2 Å². The molecule has 24 heavy (non-hydrogen) atoms. The normalized spacial score (nSPS) is 22.0. The highest BCUT2D eigenvalue weighted by Crippen LogP contribution is 2.30. The quantitative estimate of drug-likeness (QED) is 0.940. The Hall–Kier alpha value is -2.21. The van der Waals surface area contributed by atoms with Crippen molar-refractivity contribution in [2.75, 3.05) is 26.3 Å². The standard InChI is InChI=1S/C18H22N4O2/c23-18(15-11-20-21-17(15)14-6-10-24-12-14)22-8-4-13(5-9-22)16-3-1-2-7-19-16/h1-3,7,11,13-14H,4-6,8-10,12H2,(H,20,21). The number of likely N-dealkylation sites (tertiary alicyclic amines) is 1. The van der Waals surface area contributed by atoms with Crippen molar-refractivity contribution in [3.63, 3.8) is 0 Å². The third-order valence-corrected chi connectivity index (χ3v) is 5.13. The van der Waals surface area contributed by atoms with Crippen LogP contribution in [0.15, 0.2) is 30.6 Å². The fraction of sp³-hybridized carbons (Fsp3) is 0.500. The first-order chi connectivity index (χ1) is 11.8. The number of hydrogen-bond donors (Lipinski definition) is 1. The lowest BCUT2D eigenvalue weighted by Crippen LogP contribution is -2.38. The van der Waals surface area contributed by atoms with E-state index in [1.165, 1.54) is 0 Å². The van der Waals surface area contributed by atoms with Gasteiger partial charge in [-0.3, -0.25) is 14.9 Å². The molecule has 2 aliphatic heterocycles. The fourth-order valence-corrected chi connectivity index (χ4v) is 3.71. The predicted molar refractivity (Wildman–Crippen MR) is 88.9 cm³/mol. The molecule has 1 atom stereocenters. The van der Waals surface area contributed by atoms with Crippen molar-refractivity contribution in [3.05, 3.63) is 47.5 Å². The Kier molecular flexibility index (Phi) is 4.30. The van der Waals surface area contributed by atoms with E-state index in [0.29, 0.717) is 18.1 Å². The molecule has 0 aliphatic carbocycles. The van der Waals surface area contributed by atoms with E-state index in [2.05, 4.69) is 21.2 Å². The molecule has 2 aromatic heterocycles. The van der Waals surface area contributed by atoms with Crippen molar-refractivity contribution in [3.8, 4) is 0 Å². The number of hydrogen-bond acceptors (Lipinski definition) is 4. The molecule has 2 saturated heterocycles. The van der Waals surface area contributed by atoms with Crippen LogP contribution in [0.4, 0.5) is 0 Å². The lowest BCUT2D eigenvalue weighted by atomic mass is 9.92. The molecule has 0 spiro atoms. The minimum Gasteiger partial charge on any atom is -0.381 e. The molecule has 1 N–H and O–H groups in total. The van der Waals surface area contributed by atoms with Crippen LogP contribution in [0.3, 0.4) is 0 Å². The third-order valence-electron chi connectivity index (χ3n) is 5.13. The second kappa shape index (κ2) is 6.73. The van der Waals surface area contributed by atoms with Gasteiger partial charge < -0.3 is 9.64 Å². The van der Waals surface area contributed by atoms with Gasteiger partial charge in [0.1, 0.15) is 0 Å². The number of amides is 1. The Morgan fingerprint density at radius 1 is 1.21 bits per heavy atom. The van der Waals surface area contributed by atoms with Gasteiger partial charge in [0.2, 0.25) is 0 Å². The highest BCUT2D eigenvalue weighted by atomic mass is 16.5. The van der Waals surface area contributed by atoms with Gasteiger partial charge in [-0.05, 0) is 31.4 Å². The molecular formula is C18H22N4O2. The summed E-state index contributed by atoms with van der Waals surface area (Å²) in [6.45, 7) is 2.97. The second-order valence-electron chi connectivity index (χ2n) is 6.58. The summed E-state index contributed by atoms with van der Waals surface area (Å²) in [5.41, 5.74) is 2.78. The summed E-state index contributed by atoms with van der Waals surface area (Å²) in [4.78, 5) is 19.3. The van der Waals surface area contributed by atoms with E-state index < -0.39 is 0 Å². The molecule has 2 aliphatic rings. The number of nitrogens with one attached hydrogen (secondary N) is 1. The van der Waals surface area contributed by atoms with Crippen molar-refractivity contribution in [1.29, 1.82) is 0 Å². The molecule has 2 aromatic rings. The van der Waals surface area contributed by atoms with Gasteiger partial charge in [-0.2, -0.15) is 5.10 Å². The molecule has 126 valence electrons. The van der Waals surface area contributed by atoms with Crippen LogP contribution in [0.1, 0.15) is 52.8 Å². The third kappa shape index (κ3) is 2.94. The molecule has 1 amide bonds. The Morgan fingerprint density at radius 2 is 2.08 bits per heavy atom. The van der Waals surface area contributed by atoms with Crippen LogP contribution in [0.5, 0.6) is 0 Å². The van der Waals surface area contributed by atoms with Crippen molar-refractivity contribution in [1.82, 2.24) is 20.1 Å². The molecule has 0 aromatic carbocycles. The number of rotatable bonds is 3. The maximum absolute atomic E-state index is 12.9. The molecule has 0 radical (unpaired) electrons. The molecule has 6 heteroatoms. The number of pyridine rings is 1. The summed E-state index contributed by atoms with van der Waals surface area (Å²) < 4.78 is 5.44. The lowest BCUT2D eigenvalue weighted by Gasteiger charge is -2.31. The van der Waals surface area contributed by atoms with Crippen molar-refractivity contribution in [2.24, 2.45) is 0 Å². The molecule has 0 bridgehead atoms. The van der Waals surface area contributed by atoms with E-state index >= 15 is 0 Å². The molecule has 0 saturated carbocycles. The molecule has 6 nitrogen and oxygen atoms in total. The number of aromatic nitrogens is 3. The molecule has 4 rings (SSSR count). The largest absolute Gasteiger partial charge is 0.381 e. The summed E-state index contributed by atoms with van der Waals surface area (Å²) in [7, 11) is 0. The van der Waals surface area contributed by atoms with Gasteiger partial charge in [-0.1, -0.05) is 6.07 Å². The Bertz CT molecular complexity index is 686. The average Bonchev–Trinajstić information content (AvgIpc) is 3.33. The first-order valence-corrected chi connectivity index (χ1v) is 8.64. The highest BCUT2D eigenvalue weighted by molar-refractivity contribution is 5.95. The Morgan fingerprint density at radius 3 is 2.79 bits per heavy atom. The Balaban J connectivity index is 1.43. The first kappa shape index (κ1) is 15.3. The van der Waals surface area contributed by atoms with Crippen LogP contribution >= 0.6 is 0 Å². The van der Waals surface area contributed by atoms with Gasteiger partial charge in [0.05, 0.1) is 24.1 Å². The minimum atomic E-state index is 0.0881. The minimum absolute atomic E-state index is 0.0881. The van der Waals surface area contributed by atoms with Crippen LogP contribution < -0.4 is 0 Å². The molecular weight excluding hydrogens is 304 g/mol. The van der Waals surface area contributed by atoms with Gasteiger partial charge in [-0.15, -0.1) is 0 Å². The topological polar surface area (TPSA) is 71.1 Å². The molecule has 2 fully saturated rings. The summed E-state index contributed by atoms with van der Waals surface area (Å²) in [5.74, 6) is 0.796. The van der Waals surface area contributed by atoms with Gasteiger partial charge in [-0.25, -0.2) is 0 Å².